The van der Waals surface area contributed by atoms with Crippen LogP contribution in [0, 0.1) is 12.7 Å². The molecule has 2 rings (SSSR count). The second kappa shape index (κ2) is 4.96. The zero-order chi connectivity index (χ0) is 12.3. The third kappa shape index (κ3) is 2.54. The Balaban J connectivity index is 2.20. The molecule has 4 nitrogen and oxygen atoms in total. The molecule has 2 N–H and O–H groups in total. The largest absolute Gasteiger partial charge is 0.394 e. The predicted molar refractivity (Wildman–Crippen MR) is 63.3 cm³/mol. The van der Waals surface area contributed by atoms with Gasteiger partial charge in [-0.1, -0.05) is 19.3 Å². The van der Waals surface area contributed by atoms with Gasteiger partial charge in [0, 0.05) is 0 Å². The van der Waals surface area contributed by atoms with E-state index in [0.29, 0.717) is 5.69 Å². The number of hydrogen-bond acceptors (Lipinski definition) is 4. The van der Waals surface area contributed by atoms with E-state index in [0.717, 1.165) is 25.7 Å². The van der Waals surface area contributed by atoms with E-state index < -0.39 is 11.4 Å². The second-order valence-electron chi connectivity index (χ2n) is 4.75. The van der Waals surface area contributed by atoms with Crippen LogP contribution in [0.1, 0.15) is 37.8 Å². The minimum absolute atomic E-state index is 0.00942. The maximum atomic E-state index is 13.8. The highest BCUT2D eigenvalue weighted by atomic mass is 19.1. The molecule has 0 saturated heterocycles. The van der Waals surface area contributed by atoms with Gasteiger partial charge >= 0.3 is 0 Å². The molecular weight excluding hydrogens is 221 g/mol. The Morgan fingerprint density at radius 2 is 2.06 bits per heavy atom. The summed E-state index contributed by atoms with van der Waals surface area (Å²) in [6.07, 6.45) is 6.33. The van der Waals surface area contributed by atoms with Gasteiger partial charge in [0.1, 0.15) is 6.33 Å². The Bertz CT molecular complexity index is 391. The van der Waals surface area contributed by atoms with Crippen molar-refractivity contribution < 1.29 is 9.50 Å². The lowest BCUT2D eigenvalue weighted by atomic mass is 9.82. The van der Waals surface area contributed by atoms with Crippen LogP contribution in [-0.4, -0.2) is 27.2 Å². The maximum Gasteiger partial charge on any atom is 0.186 e. The molecule has 0 atom stereocenters. The van der Waals surface area contributed by atoms with E-state index >= 15 is 0 Å². The summed E-state index contributed by atoms with van der Waals surface area (Å²) in [5, 5.41) is 12.6. The molecule has 0 unspecified atom stereocenters. The van der Waals surface area contributed by atoms with Gasteiger partial charge in [-0.15, -0.1) is 0 Å². The average molecular weight is 239 g/mol. The summed E-state index contributed by atoms with van der Waals surface area (Å²) in [6, 6.07) is 0. The molecule has 17 heavy (non-hydrogen) atoms. The van der Waals surface area contributed by atoms with Crippen molar-refractivity contribution in [3.05, 3.63) is 17.8 Å². The number of aliphatic hydroxyl groups is 1. The van der Waals surface area contributed by atoms with Crippen LogP contribution in [0.3, 0.4) is 0 Å². The van der Waals surface area contributed by atoms with Crippen molar-refractivity contribution in [3.63, 3.8) is 0 Å². The number of halogens is 1. The van der Waals surface area contributed by atoms with Crippen molar-refractivity contribution >= 4 is 5.82 Å². The molecule has 0 aliphatic heterocycles. The predicted octanol–water partition coefficient (Wildman–Crippen LogP) is 2.03. The van der Waals surface area contributed by atoms with E-state index in [9.17, 15) is 9.50 Å². The van der Waals surface area contributed by atoms with Crippen LogP contribution in [0.25, 0.3) is 0 Å². The SMILES string of the molecule is Cc1ncnc(NC2(CO)CCCCC2)c1F. The van der Waals surface area contributed by atoms with Crippen molar-refractivity contribution in [1.82, 2.24) is 9.97 Å². The zero-order valence-electron chi connectivity index (χ0n) is 10.0. The van der Waals surface area contributed by atoms with Crippen LogP contribution in [0.4, 0.5) is 10.2 Å². The summed E-state index contributed by atoms with van der Waals surface area (Å²) in [5.74, 6) is -0.223. The number of aryl methyl sites for hydroxylation is 1. The number of hydrogen-bond donors (Lipinski definition) is 2. The fourth-order valence-electron chi connectivity index (χ4n) is 2.35. The summed E-state index contributed by atoms with van der Waals surface area (Å²) >= 11 is 0. The van der Waals surface area contributed by atoms with Crippen molar-refractivity contribution in [3.8, 4) is 0 Å². The molecule has 1 aromatic heterocycles. The van der Waals surface area contributed by atoms with Crippen molar-refractivity contribution in [2.75, 3.05) is 11.9 Å². The Hall–Kier alpha value is -1.23. The van der Waals surface area contributed by atoms with Gasteiger partial charge in [-0.2, -0.15) is 0 Å². The molecular formula is C12H18FN3O. The Labute approximate surface area is 100 Å². The lowest BCUT2D eigenvalue weighted by molar-refractivity contribution is 0.172. The minimum atomic E-state index is -0.425. The van der Waals surface area contributed by atoms with E-state index in [4.69, 9.17) is 0 Å². The van der Waals surface area contributed by atoms with Crippen LogP contribution in [0.2, 0.25) is 0 Å². The average Bonchev–Trinajstić information content (AvgIpc) is 2.36. The lowest BCUT2D eigenvalue weighted by Crippen LogP contribution is -2.44. The Morgan fingerprint density at radius 3 is 2.71 bits per heavy atom. The van der Waals surface area contributed by atoms with Gasteiger partial charge in [-0.05, 0) is 19.8 Å². The minimum Gasteiger partial charge on any atom is -0.394 e. The number of rotatable bonds is 3. The first-order chi connectivity index (χ1) is 8.17. The summed E-state index contributed by atoms with van der Waals surface area (Å²) in [5.41, 5.74) is -0.0914. The Morgan fingerprint density at radius 1 is 1.35 bits per heavy atom. The van der Waals surface area contributed by atoms with Crippen LogP contribution in [0.5, 0.6) is 0 Å². The standard InChI is InChI=1S/C12H18FN3O/c1-9-10(13)11(15-8-14-9)16-12(7-17)5-3-2-4-6-12/h8,17H,2-7H2,1H3,(H,14,15,16). The van der Waals surface area contributed by atoms with E-state index in [2.05, 4.69) is 15.3 Å². The zero-order valence-corrected chi connectivity index (χ0v) is 10.0. The maximum absolute atomic E-state index is 13.8. The van der Waals surface area contributed by atoms with Gasteiger partial charge in [0.2, 0.25) is 0 Å². The number of aromatic nitrogens is 2. The summed E-state index contributed by atoms with van der Waals surface area (Å²) in [7, 11) is 0. The van der Waals surface area contributed by atoms with E-state index in [1.165, 1.54) is 12.7 Å². The van der Waals surface area contributed by atoms with Crippen LogP contribution >= 0.6 is 0 Å². The third-order valence-corrected chi connectivity index (χ3v) is 3.46. The van der Waals surface area contributed by atoms with Gasteiger partial charge in [-0.3, -0.25) is 0 Å². The first-order valence-electron chi connectivity index (χ1n) is 6.03. The van der Waals surface area contributed by atoms with Gasteiger partial charge in [0.15, 0.2) is 11.6 Å². The molecule has 1 aliphatic carbocycles. The van der Waals surface area contributed by atoms with Gasteiger partial charge < -0.3 is 10.4 Å². The van der Waals surface area contributed by atoms with Crippen LogP contribution in [-0.2, 0) is 0 Å². The molecule has 0 radical (unpaired) electrons. The fraction of sp³-hybridized carbons (Fsp3) is 0.667. The van der Waals surface area contributed by atoms with Gasteiger partial charge in [0.05, 0.1) is 17.8 Å². The smallest absolute Gasteiger partial charge is 0.186 e. The highest BCUT2D eigenvalue weighted by Gasteiger charge is 2.32. The normalized spacial score (nSPS) is 19.0. The molecule has 1 heterocycles. The van der Waals surface area contributed by atoms with E-state index in [-0.39, 0.29) is 12.4 Å². The fourth-order valence-corrected chi connectivity index (χ4v) is 2.35. The lowest BCUT2D eigenvalue weighted by Gasteiger charge is -2.37. The number of nitrogens with zero attached hydrogens (tertiary/aromatic N) is 2. The van der Waals surface area contributed by atoms with Crippen LogP contribution in [0.15, 0.2) is 6.33 Å². The summed E-state index contributed by atoms with van der Waals surface area (Å²) < 4.78 is 13.8. The molecule has 0 aromatic carbocycles. The highest BCUT2D eigenvalue weighted by Crippen LogP contribution is 2.31. The summed E-state index contributed by atoms with van der Waals surface area (Å²) in [4.78, 5) is 7.71. The first-order valence-corrected chi connectivity index (χ1v) is 6.03. The van der Waals surface area contributed by atoms with Crippen molar-refractivity contribution in [1.29, 1.82) is 0 Å². The molecule has 5 heteroatoms. The van der Waals surface area contributed by atoms with Crippen LogP contribution < -0.4 is 5.32 Å². The number of nitrogens with one attached hydrogen (secondary N) is 1. The molecule has 1 saturated carbocycles. The quantitative estimate of drug-likeness (QED) is 0.847. The second-order valence-corrected chi connectivity index (χ2v) is 4.75. The van der Waals surface area contributed by atoms with E-state index in [1.54, 1.807) is 6.92 Å². The Kier molecular flexibility index (Phi) is 3.57. The molecule has 0 bridgehead atoms. The topological polar surface area (TPSA) is 58.0 Å². The monoisotopic (exact) mass is 239 g/mol. The summed E-state index contributed by atoms with van der Waals surface area (Å²) in [6.45, 7) is 1.62. The molecule has 1 aromatic rings. The highest BCUT2D eigenvalue weighted by molar-refractivity contribution is 5.40. The number of aliphatic hydroxyl groups excluding tert-OH is 1. The van der Waals surface area contributed by atoms with E-state index in [1.807, 2.05) is 0 Å². The molecule has 0 spiro atoms. The first kappa shape index (κ1) is 12.2. The molecule has 0 amide bonds. The number of anilines is 1. The van der Waals surface area contributed by atoms with Gasteiger partial charge in [-0.25, -0.2) is 14.4 Å². The van der Waals surface area contributed by atoms with Crippen molar-refractivity contribution in [2.45, 2.75) is 44.6 Å². The third-order valence-electron chi connectivity index (χ3n) is 3.46. The van der Waals surface area contributed by atoms with Crippen molar-refractivity contribution in [2.24, 2.45) is 0 Å². The molecule has 1 aliphatic rings. The molecule has 1 fully saturated rings. The van der Waals surface area contributed by atoms with Gasteiger partial charge in [0.25, 0.3) is 0 Å². The molecule has 94 valence electrons.